The third-order valence-electron chi connectivity index (χ3n) is 1.81. The van der Waals surface area contributed by atoms with Crippen molar-refractivity contribution in [3.05, 3.63) is 0 Å². The number of rotatable bonds is 8. The lowest BCUT2D eigenvalue weighted by molar-refractivity contribution is -0.152. The number of hydrogen-bond acceptors (Lipinski definition) is 4. The van der Waals surface area contributed by atoms with Crippen LogP contribution in [0.5, 0.6) is 0 Å². The summed E-state index contributed by atoms with van der Waals surface area (Å²) in [7, 11) is 3.90. The van der Waals surface area contributed by atoms with Gasteiger partial charge in [0.25, 0.3) is 0 Å². The normalized spacial score (nSPS) is 12.9. The molecule has 0 saturated carbocycles. The molecule has 0 heterocycles. The first-order valence-electron chi connectivity index (χ1n) is 5.52. The highest BCUT2D eigenvalue weighted by Crippen LogP contribution is 1.99. The molecule has 15 heavy (non-hydrogen) atoms. The Bertz CT molecular complexity index is 171. The summed E-state index contributed by atoms with van der Waals surface area (Å²) in [5, 5.41) is 0. The zero-order valence-electron chi connectivity index (χ0n) is 10.3. The van der Waals surface area contributed by atoms with E-state index in [1.165, 1.54) is 0 Å². The van der Waals surface area contributed by atoms with Crippen LogP contribution in [0, 0.1) is 0 Å². The highest BCUT2D eigenvalue weighted by atomic mass is 16.6. The lowest BCUT2D eigenvalue weighted by Crippen LogP contribution is -2.34. The Balaban J connectivity index is 3.89. The van der Waals surface area contributed by atoms with Crippen molar-refractivity contribution in [2.75, 3.05) is 33.9 Å². The summed E-state index contributed by atoms with van der Waals surface area (Å²) in [4.78, 5) is 13.1. The van der Waals surface area contributed by atoms with Gasteiger partial charge >= 0.3 is 5.97 Å². The first-order valence-corrected chi connectivity index (χ1v) is 5.52. The molecule has 0 aliphatic carbocycles. The molecule has 0 aromatic heterocycles. The van der Waals surface area contributed by atoms with Gasteiger partial charge in [0.15, 0.2) is 0 Å². The van der Waals surface area contributed by atoms with Crippen LogP contribution < -0.4 is 0 Å². The number of carbonyl (C=O) groups excluding carboxylic acids is 1. The van der Waals surface area contributed by atoms with Crippen LogP contribution in [0.1, 0.15) is 26.7 Å². The second-order valence-corrected chi connectivity index (χ2v) is 3.80. The van der Waals surface area contributed by atoms with E-state index >= 15 is 0 Å². The quantitative estimate of drug-likeness (QED) is 0.454. The first kappa shape index (κ1) is 14.4. The lowest BCUT2D eigenvalue weighted by atomic mass is 10.3. The number of ether oxygens (including phenoxy) is 2. The second kappa shape index (κ2) is 8.68. The molecule has 0 rings (SSSR count). The van der Waals surface area contributed by atoms with Crippen LogP contribution in [0.3, 0.4) is 0 Å². The van der Waals surface area contributed by atoms with Crippen molar-refractivity contribution in [1.29, 1.82) is 0 Å². The van der Waals surface area contributed by atoms with Crippen molar-refractivity contribution in [3.8, 4) is 0 Å². The van der Waals surface area contributed by atoms with Crippen molar-refractivity contribution >= 4 is 5.97 Å². The van der Waals surface area contributed by atoms with Crippen LogP contribution >= 0.6 is 0 Å². The van der Waals surface area contributed by atoms with E-state index in [1.807, 2.05) is 19.0 Å². The van der Waals surface area contributed by atoms with E-state index in [0.29, 0.717) is 26.2 Å². The van der Waals surface area contributed by atoms with Crippen LogP contribution in [0.2, 0.25) is 0 Å². The molecule has 0 spiro atoms. The van der Waals surface area contributed by atoms with Crippen molar-refractivity contribution in [1.82, 2.24) is 4.90 Å². The third kappa shape index (κ3) is 8.39. The fourth-order valence-electron chi connectivity index (χ4n) is 1.16. The maximum absolute atomic E-state index is 11.1. The highest BCUT2D eigenvalue weighted by molar-refractivity contribution is 5.69. The van der Waals surface area contributed by atoms with Gasteiger partial charge in [-0.05, 0) is 20.5 Å². The zero-order chi connectivity index (χ0) is 11.7. The average molecular weight is 217 g/mol. The second-order valence-electron chi connectivity index (χ2n) is 3.80. The maximum atomic E-state index is 11.1. The zero-order valence-corrected chi connectivity index (χ0v) is 10.3. The van der Waals surface area contributed by atoms with Gasteiger partial charge in [-0.2, -0.15) is 0 Å². The first-order chi connectivity index (χ1) is 7.10. The Morgan fingerprint density at radius 3 is 2.47 bits per heavy atom. The SMILES string of the molecule is CCCOCC(CN(C)C)OC(=O)CC. The predicted octanol–water partition coefficient (Wildman–Crippen LogP) is 1.30. The summed E-state index contributed by atoms with van der Waals surface area (Å²) in [6.45, 7) is 5.75. The molecule has 0 radical (unpaired) electrons. The number of carbonyl (C=O) groups is 1. The molecule has 0 bridgehead atoms. The smallest absolute Gasteiger partial charge is 0.305 e. The van der Waals surface area contributed by atoms with Gasteiger partial charge in [0.05, 0.1) is 6.61 Å². The molecular formula is C11H23NO3. The van der Waals surface area contributed by atoms with Crippen LogP contribution in [-0.4, -0.2) is 50.8 Å². The van der Waals surface area contributed by atoms with Gasteiger partial charge in [0.1, 0.15) is 6.10 Å². The van der Waals surface area contributed by atoms with E-state index < -0.39 is 0 Å². The minimum atomic E-state index is -0.165. The monoisotopic (exact) mass is 217 g/mol. The summed E-state index contributed by atoms with van der Waals surface area (Å²) in [5.74, 6) is -0.165. The van der Waals surface area contributed by atoms with Gasteiger partial charge in [-0.3, -0.25) is 4.79 Å². The lowest BCUT2D eigenvalue weighted by Gasteiger charge is -2.21. The summed E-state index contributed by atoms with van der Waals surface area (Å²) < 4.78 is 10.6. The molecule has 0 aliphatic heterocycles. The molecule has 1 atom stereocenters. The number of esters is 1. The molecular weight excluding hydrogens is 194 g/mol. The summed E-state index contributed by atoms with van der Waals surface area (Å²) in [6.07, 6.45) is 1.24. The molecule has 0 N–H and O–H groups in total. The largest absolute Gasteiger partial charge is 0.459 e. The van der Waals surface area contributed by atoms with Crippen molar-refractivity contribution in [2.24, 2.45) is 0 Å². The Morgan fingerprint density at radius 1 is 1.33 bits per heavy atom. The fourth-order valence-corrected chi connectivity index (χ4v) is 1.16. The van der Waals surface area contributed by atoms with Gasteiger partial charge in [0.2, 0.25) is 0 Å². The van der Waals surface area contributed by atoms with Crippen molar-refractivity contribution in [2.45, 2.75) is 32.8 Å². The summed E-state index contributed by atoms with van der Waals surface area (Å²) >= 11 is 0. The molecule has 0 aliphatic rings. The van der Waals surface area contributed by atoms with Crippen LogP contribution in [-0.2, 0) is 14.3 Å². The molecule has 1 unspecified atom stereocenters. The Morgan fingerprint density at radius 2 is 2.00 bits per heavy atom. The van der Waals surface area contributed by atoms with E-state index in [0.717, 1.165) is 6.42 Å². The molecule has 0 aromatic carbocycles. The molecule has 0 aromatic rings. The van der Waals surface area contributed by atoms with E-state index in [9.17, 15) is 4.79 Å². The average Bonchev–Trinajstić information content (AvgIpc) is 2.17. The van der Waals surface area contributed by atoms with Crippen LogP contribution in [0.25, 0.3) is 0 Å². The molecule has 0 fully saturated rings. The molecule has 90 valence electrons. The van der Waals surface area contributed by atoms with Gasteiger partial charge < -0.3 is 14.4 Å². The number of nitrogens with zero attached hydrogens (tertiary/aromatic N) is 1. The highest BCUT2D eigenvalue weighted by Gasteiger charge is 2.14. The maximum Gasteiger partial charge on any atom is 0.305 e. The van der Waals surface area contributed by atoms with Crippen LogP contribution in [0.4, 0.5) is 0 Å². The van der Waals surface area contributed by atoms with Crippen molar-refractivity contribution < 1.29 is 14.3 Å². The van der Waals surface area contributed by atoms with E-state index in [1.54, 1.807) is 6.92 Å². The minimum Gasteiger partial charge on any atom is -0.459 e. The van der Waals surface area contributed by atoms with Gasteiger partial charge in [0, 0.05) is 19.6 Å². The van der Waals surface area contributed by atoms with Crippen molar-refractivity contribution in [3.63, 3.8) is 0 Å². The number of hydrogen-bond donors (Lipinski definition) is 0. The summed E-state index contributed by atoms with van der Waals surface area (Å²) in [6, 6.07) is 0. The Kier molecular flexibility index (Phi) is 8.33. The molecule has 0 saturated heterocycles. The van der Waals surface area contributed by atoms with Gasteiger partial charge in [-0.1, -0.05) is 13.8 Å². The predicted molar refractivity (Wildman–Crippen MR) is 59.8 cm³/mol. The summed E-state index contributed by atoms with van der Waals surface area (Å²) in [5.41, 5.74) is 0. The van der Waals surface area contributed by atoms with Crippen LogP contribution in [0.15, 0.2) is 0 Å². The Hall–Kier alpha value is -0.610. The standard InChI is InChI=1S/C11H23NO3/c1-5-7-14-9-10(8-12(3)4)15-11(13)6-2/h10H,5-9H2,1-4H3. The topological polar surface area (TPSA) is 38.8 Å². The fraction of sp³-hybridized carbons (Fsp3) is 0.909. The third-order valence-corrected chi connectivity index (χ3v) is 1.81. The van der Waals surface area contributed by atoms with E-state index in [-0.39, 0.29) is 12.1 Å². The molecule has 4 nitrogen and oxygen atoms in total. The Labute approximate surface area is 92.5 Å². The number of likely N-dealkylation sites (N-methyl/N-ethyl adjacent to an activating group) is 1. The van der Waals surface area contributed by atoms with E-state index in [4.69, 9.17) is 9.47 Å². The molecule has 0 amide bonds. The minimum absolute atomic E-state index is 0.154. The van der Waals surface area contributed by atoms with Gasteiger partial charge in [-0.25, -0.2) is 0 Å². The molecule has 4 heteroatoms. The van der Waals surface area contributed by atoms with E-state index in [2.05, 4.69) is 6.92 Å². The van der Waals surface area contributed by atoms with Gasteiger partial charge in [-0.15, -0.1) is 0 Å².